The molecule has 0 bridgehead atoms. The Kier molecular flexibility index (Phi) is 1.59. The zero-order valence-electron chi connectivity index (χ0n) is 6.01. The molecule has 0 radical (unpaired) electrons. The lowest BCUT2D eigenvalue weighted by atomic mass is 10.1. The van der Waals surface area contributed by atoms with Crippen molar-refractivity contribution in [1.82, 2.24) is 10.7 Å². The van der Waals surface area contributed by atoms with Gasteiger partial charge in [0.1, 0.15) is 0 Å². The van der Waals surface area contributed by atoms with Crippen LogP contribution in [0.4, 0.5) is 0 Å². The summed E-state index contributed by atoms with van der Waals surface area (Å²) in [5.74, 6) is 0. The molecule has 0 spiro atoms. The number of nitrogens with one attached hydrogen (secondary N) is 2. The zero-order chi connectivity index (χ0) is 6.81. The molecule has 0 aliphatic carbocycles. The molecule has 2 rings (SSSR count). The van der Waals surface area contributed by atoms with Gasteiger partial charge in [0.2, 0.25) is 0 Å². The molecule has 2 atom stereocenters. The Morgan fingerprint density at radius 2 is 2.40 bits per heavy atom. The first-order valence-electron chi connectivity index (χ1n) is 3.97. The van der Waals surface area contributed by atoms with Crippen molar-refractivity contribution in [3.8, 4) is 0 Å². The molecule has 3 heteroatoms. The van der Waals surface area contributed by atoms with Crippen LogP contribution in [0, 0.1) is 0 Å². The van der Waals surface area contributed by atoms with Gasteiger partial charge in [0.15, 0.2) is 0 Å². The highest BCUT2D eigenvalue weighted by atomic mass is 15.3. The van der Waals surface area contributed by atoms with Crippen LogP contribution in [0.5, 0.6) is 0 Å². The van der Waals surface area contributed by atoms with Crippen LogP contribution in [0.1, 0.15) is 19.3 Å². The highest BCUT2D eigenvalue weighted by Gasteiger charge is 2.24. The normalized spacial score (nSPS) is 38.4. The molecule has 56 valence electrons. The van der Waals surface area contributed by atoms with Gasteiger partial charge in [-0.2, -0.15) is 5.10 Å². The van der Waals surface area contributed by atoms with E-state index < -0.39 is 0 Å². The summed E-state index contributed by atoms with van der Waals surface area (Å²) in [5.41, 5.74) is 3.11. The van der Waals surface area contributed by atoms with Crippen molar-refractivity contribution in [3.05, 3.63) is 0 Å². The zero-order valence-corrected chi connectivity index (χ0v) is 6.01. The van der Waals surface area contributed by atoms with Crippen LogP contribution in [0.2, 0.25) is 0 Å². The first-order chi connectivity index (χ1) is 4.97. The maximum absolute atomic E-state index is 3.99. The van der Waals surface area contributed by atoms with E-state index in [2.05, 4.69) is 15.8 Å². The summed E-state index contributed by atoms with van der Waals surface area (Å²) >= 11 is 0. The first-order valence-corrected chi connectivity index (χ1v) is 3.97. The second kappa shape index (κ2) is 2.58. The van der Waals surface area contributed by atoms with E-state index in [1.54, 1.807) is 0 Å². The fourth-order valence-electron chi connectivity index (χ4n) is 1.68. The van der Waals surface area contributed by atoms with Crippen LogP contribution in [-0.4, -0.2) is 24.8 Å². The summed E-state index contributed by atoms with van der Waals surface area (Å²) in [5, 5.41) is 7.45. The molecule has 3 nitrogen and oxygen atoms in total. The van der Waals surface area contributed by atoms with E-state index in [4.69, 9.17) is 0 Å². The van der Waals surface area contributed by atoms with Crippen molar-refractivity contribution in [1.29, 1.82) is 0 Å². The Bertz CT molecular complexity index is 130. The maximum Gasteiger partial charge on any atom is 0.0643 e. The molecule has 2 unspecified atom stereocenters. The van der Waals surface area contributed by atoms with Crippen molar-refractivity contribution in [3.63, 3.8) is 0 Å². The van der Waals surface area contributed by atoms with Crippen molar-refractivity contribution in [2.24, 2.45) is 5.10 Å². The van der Waals surface area contributed by atoms with E-state index in [-0.39, 0.29) is 0 Å². The maximum atomic E-state index is 3.99. The van der Waals surface area contributed by atoms with Crippen LogP contribution in [-0.2, 0) is 0 Å². The molecule has 0 aromatic heterocycles. The fourth-order valence-corrected chi connectivity index (χ4v) is 1.68. The lowest BCUT2D eigenvalue weighted by Crippen LogP contribution is -2.40. The molecule has 2 aliphatic rings. The number of rotatable bonds is 1. The summed E-state index contributed by atoms with van der Waals surface area (Å²) in [6.07, 6.45) is 5.69. The highest BCUT2D eigenvalue weighted by molar-refractivity contribution is 5.60. The SMILES string of the molecule is C1=NNC(C2CCCN2)C1. The summed E-state index contributed by atoms with van der Waals surface area (Å²) in [6.45, 7) is 1.18. The van der Waals surface area contributed by atoms with Gasteiger partial charge in [0.25, 0.3) is 0 Å². The molecule has 0 amide bonds. The van der Waals surface area contributed by atoms with Gasteiger partial charge in [-0.3, -0.25) is 0 Å². The van der Waals surface area contributed by atoms with Crippen LogP contribution in [0.3, 0.4) is 0 Å². The molecule has 2 N–H and O–H groups in total. The van der Waals surface area contributed by atoms with Gasteiger partial charge in [-0.25, -0.2) is 0 Å². The third kappa shape index (κ3) is 1.01. The van der Waals surface area contributed by atoms with Crippen molar-refractivity contribution >= 4 is 6.21 Å². The molecule has 1 saturated heterocycles. The quantitative estimate of drug-likeness (QED) is 0.540. The van der Waals surface area contributed by atoms with Crippen molar-refractivity contribution in [2.75, 3.05) is 6.54 Å². The molecule has 0 aromatic carbocycles. The summed E-state index contributed by atoms with van der Waals surface area (Å²) in [4.78, 5) is 0. The van der Waals surface area contributed by atoms with Gasteiger partial charge in [-0.15, -0.1) is 0 Å². The minimum absolute atomic E-state index is 0.572. The van der Waals surface area contributed by atoms with Gasteiger partial charge in [0, 0.05) is 18.7 Å². The Morgan fingerprint density at radius 3 is 3.00 bits per heavy atom. The topological polar surface area (TPSA) is 36.4 Å². The number of nitrogens with zero attached hydrogens (tertiary/aromatic N) is 1. The van der Waals surface area contributed by atoms with E-state index in [0.29, 0.717) is 12.1 Å². The Morgan fingerprint density at radius 1 is 1.40 bits per heavy atom. The third-order valence-corrected chi connectivity index (χ3v) is 2.28. The molecule has 0 aromatic rings. The van der Waals surface area contributed by atoms with E-state index >= 15 is 0 Å². The summed E-state index contributed by atoms with van der Waals surface area (Å²) in [7, 11) is 0. The molecule has 10 heavy (non-hydrogen) atoms. The lowest BCUT2D eigenvalue weighted by molar-refractivity contribution is 0.440. The molecule has 0 saturated carbocycles. The van der Waals surface area contributed by atoms with E-state index in [1.807, 2.05) is 6.21 Å². The molecular formula is C7H13N3. The fraction of sp³-hybridized carbons (Fsp3) is 0.857. The highest BCUT2D eigenvalue weighted by Crippen LogP contribution is 2.12. The van der Waals surface area contributed by atoms with E-state index in [0.717, 1.165) is 6.42 Å². The standard InChI is InChI=1S/C7H13N3/c1-2-6(8-4-1)7-3-5-9-10-7/h5-8,10H,1-4H2. The summed E-state index contributed by atoms with van der Waals surface area (Å²) < 4.78 is 0. The summed E-state index contributed by atoms with van der Waals surface area (Å²) in [6, 6.07) is 1.24. The van der Waals surface area contributed by atoms with E-state index in [9.17, 15) is 0 Å². The number of hydrogen-bond donors (Lipinski definition) is 2. The van der Waals surface area contributed by atoms with Gasteiger partial charge in [-0.1, -0.05) is 0 Å². The monoisotopic (exact) mass is 139 g/mol. The largest absolute Gasteiger partial charge is 0.312 e. The Labute approximate surface area is 60.9 Å². The smallest absolute Gasteiger partial charge is 0.0643 e. The molecule has 2 heterocycles. The van der Waals surface area contributed by atoms with E-state index in [1.165, 1.54) is 19.4 Å². The van der Waals surface area contributed by atoms with Crippen LogP contribution < -0.4 is 10.7 Å². The van der Waals surface area contributed by atoms with Crippen LogP contribution in [0.15, 0.2) is 5.10 Å². The first kappa shape index (κ1) is 6.16. The predicted molar refractivity (Wildman–Crippen MR) is 41.1 cm³/mol. The molecule has 1 fully saturated rings. The molecule has 2 aliphatic heterocycles. The third-order valence-electron chi connectivity index (χ3n) is 2.28. The number of hydrogen-bond acceptors (Lipinski definition) is 3. The Hall–Kier alpha value is -0.570. The lowest BCUT2D eigenvalue weighted by Gasteiger charge is -2.17. The minimum Gasteiger partial charge on any atom is -0.312 e. The second-order valence-electron chi connectivity index (χ2n) is 2.99. The van der Waals surface area contributed by atoms with Gasteiger partial charge in [0.05, 0.1) is 6.04 Å². The average Bonchev–Trinajstić information content (AvgIpc) is 2.59. The van der Waals surface area contributed by atoms with Gasteiger partial charge >= 0.3 is 0 Å². The average molecular weight is 139 g/mol. The van der Waals surface area contributed by atoms with Crippen LogP contribution >= 0.6 is 0 Å². The number of hydrazone groups is 1. The second-order valence-corrected chi connectivity index (χ2v) is 2.99. The van der Waals surface area contributed by atoms with Gasteiger partial charge in [-0.05, 0) is 19.4 Å². The predicted octanol–water partition coefficient (Wildman–Crippen LogP) is 0.0861. The minimum atomic E-state index is 0.572. The molecular weight excluding hydrogens is 126 g/mol. The van der Waals surface area contributed by atoms with Crippen LogP contribution in [0.25, 0.3) is 0 Å². The van der Waals surface area contributed by atoms with Crippen molar-refractivity contribution < 1.29 is 0 Å². The Balaban J connectivity index is 1.87. The van der Waals surface area contributed by atoms with Crippen molar-refractivity contribution in [2.45, 2.75) is 31.3 Å². The van der Waals surface area contributed by atoms with Gasteiger partial charge < -0.3 is 10.7 Å².